The number of hydrogen-bond acceptors (Lipinski definition) is 5. The van der Waals surface area contributed by atoms with E-state index in [0.717, 1.165) is 20.9 Å². The van der Waals surface area contributed by atoms with Crippen molar-refractivity contribution in [1.29, 1.82) is 0 Å². The number of pyridine rings is 1. The third kappa shape index (κ3) is 2.00. The molecule has 0 aliphatic carbocycles. The molecule has 0 atom stereocenters. The minimum absolute atomic E-state index is 0.330. The highest BCUT2D eigenvalue weighted by molar-refractivity contribution is 7.99. The lowest BCUT2D eigenvalue weighted by molar-refractivity contribution is 0.0702. The average Bonchev–Trinajstić information content (AvgIpc) is 2.97. The monoisotopic (exact) mass is 277 g/mol. The summed E-state index contributed by atoms with van der Waals surface area (Å²) in [5, 5.41) is 12.4. The lowest BCUT2D eigenvalue weighted by atomic mass is 10.3. The molecule has 1 N–H and O–H groups in total. The summed E-state index contributed by atoms with van der Waals surface area (Å²) in [6.45, 7) is 0. The largest absolute Gasteiger partial charge is 0.477 e. The minimum Gasteiger partial charge on any atom is -0.477 e. The number of carbonyl (C=O) groups is 1. The van der Waals surface area contributed by atoms with Crippen molar-refractivity contribution in [3.63, 3.8) is 0 Å². The zero-order valence-electron chi connectivity index (χ0n) is 8.99. The van der Waals surface area contributed by atoms with Crippen molar-refractivity contribution >= 4 is 40.0 Å². The fourth-order valence-corrected chi connectivity index (χ4v) is 3.36. The van der Waals surface area contributed by atoms with Gasteiger partial charge in [0.25, 0.3) is 0 Å². The summed E-state index contributed by atoms with van der Waals surface area (Å²) in [5.74, 6) is -0.902. The van der Waals surface area contributed by atoms with Gasteiger partial charge in [0.2, 0.25) is 0 Å². The molecule has 18 heavy (non-hydrogen) atoms. The van der Waals surface area contributed by atoms with Gasteiger partial charge in [-0.1, -0.05) is 11.8 Å². The Hall–Kier alpha value is -1.79. The van der Waals surface area contributed by atoms with Crippen LogP contribution in [0.4, 0.5) is 0 Å². The Morgan fingerprint density at radius 2 is 2.33 bits per heavy atom. The van der Waals surface area contributed by atoms with Gasteiger partial charge in [-0.25, -0.2) is 9.78 Å². The van der Waals surface area contributed by atoms with Crippen LogP contribution in [0.5, 0.6) is 0 Å². The second-order valence-electron chi connectivity index (χ2n) is 3.50. The summed E-state index contributed by atoms with van der Waals surface area (Å²) < 4.78 is 5.29. The van der Waals surface area contributed by atoms with E-state index in [9.17, 15) is 4.79 Å². The maximum Gasteiger partial charge on any atom is 0.345 e. The third-order valence-electron chi connectivity index (χ3n) is 2.34. The maximum absolute atomic E-state index is 10.8. The van der Waals surface area contributed by atoms with Crippen molar-refractivity contribution in [2.24, 2.45) is 0 Å². The number of thiophene rings is 1. The highest BCUT2D eigenvalue weighted by atomic mass is 32.2. The van der Waals surface area contributed by atoms with E-state index < -0.39 is 5.97 Å². The molecule has 0 amide bonds. The third-order valence-corrected chi connectivity index (χ3v) is 4.40. The summed E-state index contributed by atoms with van der Waals surface area (Å²) in [4.78, 5) is 16.3. The van der Waals surface area contributed by atoms with Crippen molar-refractivity contribution in [3.8, 4) is 0 Å². The Balaban J connectivity index is 1.96. The fourth-order valence-electron chi connectivity index (χ4n) is 1.55. The molecule has 3 aromatic heterocycles. The molecule has 0 unspecified atom stereocenters. The van der Waals surface area contributed by atoms with Gasteiger partial charge in [-0.2, -0.15) is 0 Å². The first-order valence-electron chi connectivity index (χ1n) is 5.06. The van der Waals surface area contributed by atoms with Crippen LogP contribution < -0.4 is 0 Å². The molecule has 4 nitrogen and oxygen atoms in total. The van der Waals surface area contributed by atoms with Gasteiger partial charge in [-0.3, -0.25) is 0 Å². The van der Waals surface area contributed by atoms with E-state index in [1.165, 1.54) is 23.1 Å². The number of aromatic nitrogens is 1. The van der Waals surface area contributed by atoms with E-state index in [0.29, 0.717) is 4.88 Å². The zero-order valence-corrected chi connectivity index (χ0v) is 10.6. The first kappa shape index (κ1) is 11.3. The maximum atomic E-state index is 10.8. The Labute approximate surface area is 110 Å². The lowest BCUT2D eigenvalue weighted by Gasteiger charge is -1.98. The Morgan fingerprint density at radius 1 is 1.44 bits per heavy atom. The van der Waals surface area contributed by atoms with Crippen LogP contribution in [0, 0.1) is 0 Å². The fraction of sp³-hybridized carbons (Fsp3) is 0. The van der Waals surface area contributed by atoms with Crippen LogP contribution in [0.2, 0.25) is 0 Å². The smallest absolute Gasteiger partial charge is 0.345 e. The summed E-state index contributed by atoms with van der Waals surface area (Å²) in [6, 6.07) is 5.31. The van der Waals surface area contributed by atoms with Crippen molar-refractivity contribution in [3.05, 3.63) is 40.9 Å². The predicted molar refractivity (Wildman–Crippen MR) is 69.4 cm³/mol. The molecule has 0 radical (unpaired) electrons. The molecule has 3 rings (SSSR count). The minimum atomic E-state index is -0.902. The van der Waals surface area contributed by atoms with E-state index in [2.05, 4.69) is 4.98 Å². The van der Waals surface area contributed by atoms with Gasteiger partial charge < -0.3 is 9.52 Å². The molecule has 0 saturated carbocycles. The van der Waals surface area contributed by atoms with Crippen LogP contribution >= 0.6 is 23.1 Å². The highest BCUT2D eigenvalue weighted by Crippen LogP contribution is 2.34. The molecular formula is C12H7NO3S2. The highest BCUT2D eigenvalue weighted by Gasteiger charge is 2.10. The zero-order chi connectivity index (χ0) is 12.5. The average molecular weight is 277 g/mol. The van der Waals surface area contributed by atoms with Crippen LogP contribution in [-0.4, -0.2) is 16.1 Å². The number of nitrogens with zero attached hydrogens (tertiary/aromatic N) is 1. The predicted octanol–water partition coefficient (Wildman–Crippen LogP) is 3.74. The normalized spacial score (nSPS) is 10.9. The molecule has 0 bridgehead atoms. The first-order valence-corrected chi connectivity index (χ1v) is 6.75. The number of aromatic carboxylic acids is 1. The summed E-state index contributed by atoms with van der Waals surface area (Å²) in [6.07, 6.45) is 3.30. The number of furan rings is 1. The van der Waals surface area contributed by atoms with E-state index in [1.807, 2.05) is 11.4 Å². The van der Waals surface area contributed by atoms with Crippen LogP contribution in [0.1, 0.15) is 9.67 Å². The van der Waals surface area contributed by atoms with Crippen molar-refractivity contribution < 1.29 is 14.3 Å². The molecule has 0 fully saturated rings. The van der Waals surface area contributed by atoms with Crippen LogP contribution in [0.25, 0.3) is 11.0 Å². The standard InChI is InChI=1S/C12H7NO3S2/c14-12(15)10-5-7(6-17-10)18-11-8-2-4-16-9(8)1-3-13-11/h1-6H,(H,14,15). The summed E-state index contributed by atoms with van der Waals surface area (Å²) in [5.41, 5.74) is 0.779. The summed E-state index contributed by atoms with van der Waals surface area (Å²) in [7, 11) is 0. The van der Waals surface area contributed by atoms with E-state index in [4.69, 9.17) is 9.52 Å². The molecule has 6 heteroatoms. The van der Waals surface area contributed by atoms with Gasteiger partial charge >= 0.3 is 5.97 Å². The number of hydrogen-bond donors (Lipinski definition) is 1. The van der Waals surface area contributed by atoms with Crippen molar-refractivity contribution in [2.45, 2.75) is 9.92 Å². The molecule has 3 heterocycles. The van der Waals surface area contributed by atoms with E-state index in [1.54, 1.807) is 24.6 Å². The van der Waals surface area contributed by atoms with Crippen LogP contribution in [0.3, 0.4) is 0 Å². The van der Waals surface area contributed by atoms with Gasteiger partial charge in [-0.05, 0) is 18.2 Å². The van der Waals surface area contributed by atoms with Crippen LogP contribution in [-0.2, 0) is 0 Å². The number of carboxylic acids is 1. The molecule has 0 spiro atoms. The molecular weight excluding hydrogens is 270 g/mol. The van der Waals surface area contributed by atoms with E-state index in [-0.39, 0.29) is 0 Å². The van der Waals surface area contributed by atoms with Gasteiger partial charge in [0, 0.05) is 16.5 Å². The molecule has 0 saturated heterocycles. The Kier molecular flexibility index (Phi) is 2.81. The lowest BCUT2D eigenvalue weighted by Crippen LogP contribution is -1.89. The SMILES string of the molecule is O=C(O)c1cc(Sc2nccc3occc23)cs1. The topological polar surface area (TPSA) is 63.3 Å². The van der Waals surface area contributed by atoms with Gasteiger partial charge in [0.15, 0.2) is 0 Å². The van der Waals surface area contributed by atoms with E-state index >= 15 is 0 Å². The number of rotatable bonds is 3. The van der Waals surface area contributed by atoms with Crippen molar-refractivity contribution in [1.82, 2.24) is 4.98 Å². The van der Waals surface area contributed by atoms with Gasteiger partial charge in [0.1, 0.15) is 15.5 Å². The quantitative estimate of drug-likeness (QED) is 0.790. The molecule has 0 aliphatic rings. The van der Waals surface area contributed by atoms with Gasteiger partial charge in [0.05, 0.1) is 11.6 Å². The van der Waals surface area contributed by atoms with Crippen LogP contribution in [0.15, 0.2) is 50.4 Å². The first-order chi connectivity index (χ1) is 8.74. The Bertz CT molecular complexity index is 717. The van der Waals surface area contributed by atoms with Crippen molar-refractivity contribution in [2.75, 3.05) is 0 Å². The van der Waals surface area contributed by atoms with Gasteiger partial charge in [-0.15, -0.1) is 11.3 Å². The molecule has 0 aliphatic heterocycles. The summed E-state index contributed by atoms with van der Waals surface area (Å²) >= 11 is 2.65. The second kappa shape index (κ2) is 4.47. The number of fused-ring (bicyclic) bond motifs is 1. The number of carboxylic acid groups (broad SMARTS) is 1. The Morgan fingerprint density at radius 3 is 3.11 bits per heavy atom. The molecule has 3 aromatic rings. The second-order valence-corrected chi connectivity index (χ2v) is 5.48. The molecule has 90 valence electrons. The molecule has 0 aromatic carbocycles.